The molecular weight excluding hydrogens is 760 g/mol. The molecule has 0 aromatic carbocycles. The predicted octanol–water partition coefficient (Wildman–Crippen LogP) is 8.12. The van der Waals surface area contributed by atoms with Gasteiger partial charge < -0.3 is 31.1 Å². The molecule has 1 aliphatic rings. The predicted molar refractivity (Wildman–Crippen MR) is 224 cm³/mol. The maximum Gasteiger partial charge on any atom is 0.306 e. The Morgan fingerprint density at radius 1 is 0.492 bits per heavy atom. The molecule has 0 aromatic heterocycles. The molecule has 3 atom stereocenters. The maximum atomic E-state index is 13.1. The number of amides is 2. The molecule has 0 aliphatic heterocycles. The highest BCUT2D eigenvalue weighted by Crippen LogP contribution is 2.31. The molecular formula is C45H76N2O12. The fraction of sp³-hybridized carbons (Fsp3) is 0.822. The molecule has 1 fully saturated rings. The molecule has 0 radical (unpaired) electrons. The summed E-state index contributed by atoms with van der Waals surface area (Å²) in [5.41, 5.74) is 0. The van der Waals surface area contributed by atoms with E-state index in [9.17, 15) is 48.6 Å². The molecule has 0 spiro atoms. The van der Waals surface area contributed by atoms with E-state index < -0.39 is 47.4 Å². The zero-order chi connectivity index (χ0) is 43.8. The Hall–Kier alpha value is -3.84. The minimum Gasteiger partial charge on any atom is -0.481 e. The fourth-order valence-corrected chi connectivity index (χ4v) is 7.79. The van der Waals surface area contributed by atoms with Crippen molar-refractivity contribution in [1.82, 2.24) is 10.6 Å². The van der Waals surface area contributed by atoms with Crippen LogP contribution in [0.2, 0.25) is 0 Å². The van der Waals surface area contributed by atoms with Crippen LogP contribution in [-0.2, 0) is 38.4 Å². The van der Waals surface area contributed by atoms with Crippen molar-refractivity contribution in [3.05, 3.63) is 0 Å². The van der Waals surface area contributed by atoms with E-state index in [1.54, 1.807) is 6.92 Å². The van der Waals surface area contributed by atoms with Gasteiger partial charge in [-0.3, -0.25) is 38.4 Å². The van der Waals surface area contributed by atoms with Crippen molar-refractivity contribution >= 4 is 47.3 Å². The lowest BCUT2D eigenvalue weighted by Crippen LogP contribution is -2.33. The van der Waals surface area contributed by atoms with E-state index in [-0.39, 0.29) is 74.4 Å². The number of aliphatic carboxylic acids is 4. The smallest absolute Gasteiger partial charge is 0.306 e. The molecule has 0 unspecified atom stereocenters. The third-order valence-corrected chi connectivity index (χ3v) is 11.9. The summed E-state index contributed by atoms with van der Waals surface area (Å²) in [6.07, 6.45) is 20.2. The first kappa shape index (κ1) is 53.2. The lowest BCUT2D eigenvalue weighted by molar-refractivity contribution is -0.146. The van der Waals surface area contributed by atoms with Gasteiger partial charge in [-0.15, -0.1) is 0 Å². The SMILES string of the molecule is C[C@@H](CCCCNC(=O)CC[C@H](CC(=O)CC[C@H](CC(=O)C1CCC(CNC(=O)CCCCCCCCCCCCCCCCC(=O)O)CC1)C(=O)O)C(=O)O)C(=O)O. The van der Waals surface area contributed by atoms with Crippen molar-refractivity contribution < 1.29 is 58.8 Å². The van der Waals surface area contributed by atoms with Gasteiger partial charge in [0.1, 0.15) is 11.6 Å². The number of carbonyl (C=O) groups excluding carboxylic acids is 4. The summed E-state index contributed by atoms with van der Waals surface area (Å²) in [6, 6.07) is 0. The molecule has 0 heterocycles. The molecule has 0 bridgehead atoms. The van der Waals surface area contributed by atoms with Crippen LogP contribution < -0.4 is 10.6 Å². The van der Waals surface area contributed by atoms with Crippen LogP contribution in [-0.4, -0.2) is 80.8 Å². The van der Waals surface area contributed by atoms with Crippen LogP contribution in [0.15, 0.2) is 0 Å². The van der Waals surface area contributed by atoms with E-state index in [1.165, 1.54) is 51.4 Å². The number of rotatable bonds is 38. The monoisotopic (exact) mass is 837 g/mol. The molecule has 1 aliphatic carbocycles. The first-order valence-electron chi connectivity index (χ1n) is 22.7. The Balaban J connectivity index is 2.19. The van der Waals surface area contributed by atoms with Crippen molar-refractivity contribution in [1.29, 1.82) is 0 Å². The Kier molecular flexibility index (Phi) is 29.7. The fourth-order valence-electron chi connectivity index (χ4n) is 7.79. The lowest BCUT2D eigenvalue weighted by Gasteiger charge is -2.28. The minimum absolute atomic E-state index is 0.0529. The first-order valence-corrected chi connectivity index (χ1v) is 22.7. The van der Waals surface area contributed by atoms with E-state index in [2.05, 4.69) is 10.6 Å². The first-order chi connectivity index (χ1) is 28.2. The summed E-state index contributed by atoms with van der Waals surface area (Å²) in [5, 5.41) is 42.7. The molecule has 1 rings (SSSR count). The third kappa shape index (κ3) is 28.3. The summed E-state index contributed by atoms with van der Waals surface area (Å²) >= 11 is 0. The third-order valence-electron chi connectivity index (χ3n) is 11.9. The number of ketones is 2. The molecule has 6 N–H and O–H groups in total. The van der Waals surface area contributed by atoms with Gasteiger partial charge in [0, 0.05) is 57.5 Å². The van der Waals surface area contributed by atoms with E-state index in [1.807, 2.05) is 0 Å². The van der Waals surface area contributed by atoms with Crippen molar-refractivity contribution in [2.75, 3.05) is 13.1 Å². The van der Waals surface area contributed by atoms with Gasteiger partial charge in [0.15, 0.2) is 0 Å². The highest BCUT2D eigenvalue weighted by atomic mass is 16.4. The van der Waals surface area contributed by atoms with Crippen molar-refractivity contribution in [3.63, 3.8) is 0 Å². The van der Waals surface area contributed by atoms with Gasteiger partial charge in [0.25, 0.3) is 0 Å². The van der Waals surface area contributed by atoms with Crippen molar-refractivity contribution in [2.24, 2.45) is 29.6 Å². The minimum atomic E-state index is -1.22. The van der Waals surface area contributed by atoms with Crippen LogP contribution in [0.5, 0.6) is 0 Å². The number of hydrogen-bond donors (Lipinski definition) is 6. The van der Waals surface area contributed by atoms with Crippen molar-refractivity contribution in [3.8, 4) is 0 Å². The van der Waals surface area contributed by atoms with E-state index in [4.69, 9.17) is 10.2 Å². The van der Waals surface area contributed by atoms with Crippen molar-refractivity contribution in [2.45, 2.75) is 193 Å². The molecule has 59 heavy (non-hydrogen) atoms. The average molecular weight is 837 g/mol. The largest absolute Gasteiger partial charge is 0.481 e. The second kappa shape index (κ2) is 32.9. The Labute approximate surface area is 351 Å². The molecule has 338 valence electrons. The standard InChI is InChI=1S/C45H76N2O12/c1-33(43(54)55)18-16-17-29-46-41(51)28-26-36(44(56)57)30-38(48)27-25-37(45(58)59)31-39(49)35-23-21-34(22-24-35)32-47-40(50)19-14-12-10-8-6-4-2-3-5-7-9-11-13-15-20-42(52)53/h33-37H,2-32H2,1H3,(H,46,51)(H,47,50)(H,52,53)(H,54,55)(H,56,57)(H,58,59)/t33-,34?,35?,36+,37+/m0/s1. The number of Topliss-reactive ketones (excluding diaryl/α,β-unsaturated/α-hetero) is 2. The van der Waals surface area contributed by atoms with Gasteiger partial charge in [0.2, 0.25) is 11.8 Å². The van der Waals surface area contributed by atoms with Crippen LogP contribution in [0, 0.1) is 29.6 Å². The van der Waals surface area contributed by atoms with Gasteiger partial charge in [0.05, 0.1) is 17.8 Å². The number of carbonyl (C=O) groups is 8. The maximum absolute atomic E-state index is 13.1. The van der Waals surface area contributed by atoms with Gasteiger partial charge in [-0.05, 0) is 70.1 Å². The van der Waals surface area contributed by atoms with Crippen LogP contribution in [0.3, 0.4) is 0 Å². The van der Waals surface area contributed by atoms with E-state index >= 15 is 0 Å². The Morgan fingerprint density at radius 3 is 1.47 bits per heavy atom. The zero-order valence-corrected chi connectivity index (χ0v) is 35.9. The topological polar surface area (TPSA) is 242 Å². The highest BCUT2D eigenvalue weighted by molar-refractivity contribution is 5.87. The van der Waals surface area contributed by atoms with Crippen LogP contribution in [0.25, 0.3) is 0 Å². The lowest BCUT2D eigenvalue weighted by atomic mass is 9.78. The number of nitrogens with one attached hydrogen (secondary N) is 2. The molecule has 1 saturated carbocycles. The quantitative estimate of drug-likeness (QED) is 0.0323. The summed E-state index contributed by atoms with van der Waals surface area (Å²) in [5.74, 6) is -7.45. The number of hydrogen-bond acceptors (Lipinski definition) is 8. The summed E-state index contributed by atoms with van der Waals surface area (Å²) in [7, 11) is 0. The van der Waals surface area contributed by atoms with Crippen LogP contribution in [0.1, 0.15) is 193 Å². The second-order valence-corrected chi connectivity index (χ2v) is 17.0. The normalized spacial score (nSPS) is 16.7. The second-order valence-electron chi connectivity index (χ2n) is 17.0. The molecule has 2 amide bonds. The number of carboxylic acids is 4. The van der Waals surface area contributed by atoms with Gasteiger partial charge in [-0.1, -0.05) is 90.4 Å². The summed E-state index contributed by atoms with van der Waals surface area (Å²) in [4.78, 5) is 95.5. The molecule has 14 heteroatoms. The van der Waals surface area contributed by atoms with Crippen LogP contribution >= 0.6 is 0 Å². The molecule has 14 nitrogen and oxygen atoms in total. The van der Waals surface area contributed by atoms with E-state index in [0.717, 1.165) is 51.4 Å². The van der Waals surface area contributed by atoms with Gasteiger partial charge >= 0.3 is 23.9 Å². The van der Waals surface area contributed by atoms with Gasteiger partial charge in [-0.2, -0.15) is 0 Å². The Morgan fingerprint density at radius 2 is 0.966 bits per heavy atom. The van der Waals surface area contributed by atoms with Gasteiger partial charge in [-0.25, -0.2) is 0 Å². The highest BCUT2D eigenvalue weighted by Gasteiger charge is 2.31. The number of carboxylic acid groups (broad SMARTS) is 4. The average Bonchev–Trinajstić information content (AvgIpc) is 3.19. The molecule has 0 saturated heterocycles. The van der Waals surface area contributed by atoms with E-state index in [0.29, 0.717) is 51.6 Å². The summed E-state index contributed by atoms with van der Waals surface area (Å²) < 4.78 is 0. The van der Waals surface area contributed by atoms with Crippen LogP contribution in [0.4, 0.5) is 0 Å². The molecule has 0 aromatic rings. The zero-order valence-electron chi connectivity index (χ0n) is 35.9. The summed E-state index contributed by atoms with van der Waals surface area (Å²) in [6.45, 7) is 2.52. The number of unbranched alkanes of at least 4 members (excludes halogenated alkanes) is 14. The Bertz CT molecular complexity index is 1280.